The van der Waals surface area contributed by atoms with Crippen LogP contribution in [-0.2, 0) is 4.79 Å². The number of nitrogens with zero attached hydrogens (tertiary/aromatic N) is 3. The lowest BCUT2D eigenvalue weighted by molar-refractivity contribution is -0.117. The molecule has 1 aromatic heterocycles. The average molecular weight is 332 g/mol. The summed E-state index contributed by atoms with van der Waals surface area (Å²) in [5.41, 5.74) is 0.680. The fourth-order valence-corrected chi connectivity index (χ4v) is 3.43. The highest BCUT2D eigenvalue weighted by Crippen LogP contribution is 2.31. The van der Waals surface area contributed by atoms with Crippen molar-refractivity contribution in [1.82, 2.24) is 9.88 Å². The number of halogens is 1. The van der Waals surface area contributed by atoms with Crippen LogP contribution in [0, 0.1) is 6.92 Å². The minimum atomic E-state index is -0.0710. The first-order chi connectivity index (χ1) is 8.40. The fourth-order valence-electron chi connectivity index (χ4n) is 1.75. The van der Waals surface area contributed by atoms with Crippen molar-refractivity contribution in [2.24, 2.45) is 0 Å². The molecule has 0 N–H and O–H groups in total. The molecule has 1 unspecified atom stereocenters. The molecule has 98 valence electrons. The second-order valence-electron chi connectivity index (χ2n) is 4.42. The summed E-state index contributed by atoms with van der Waals surface area (Å²) in [6, 6.07) is 0. The van der Waals surface area contributed by atoms with Gasteiger partial charge in [0.25, 0.3) is 5.91 Å². The highest BCUT2D eigenvalue weighted by molar-refractivity contribution is 9.09. The van der Waals surface area contributed by atoms with Crippen molar-refractivity contribution in [3.05, 3.63) is 10.6 Å². The van der Waals surface area contributed by atoms with Gasteiger partial charge in [0.2, 0.25) is 5.91 Å². The minimum absolute atomic E-state index is 0.0504. The van der Waals surface area contributed by atoms with Crippen LogP contribution in [-0.4, -0.2) is 47.2 Å². The summed E-state index contributed by atoms with van der Waals surface area (Å²) in [6.45, 7) is 2.41. The molecule has 1 saturated heterocycles. The molecule has 0 bridgehead atoms. The molecule has 1 fully saturated rings. The van der Waals surface area contributed by atoms with Gasteiger partial charge in [-0.25, -0.2) is 4.98 Å². The SMILES string of the molecule is Cc1nc(N2CC(Br)CC2=O)sc1C(=O)N(C)C. The van der Waals surface area contributed by atoms with E-state index >= 15 is 0 Å². The molecule has 0 aromatic carbocycles. The van der Waals surface area contributed by atoms with E-state index in [0.29, 0.717) is 28.7 Å². The molecule has 0 saturated carbocycles. The Kier molecular flexibility index (Phi) is 3.72. The van der Waals surface area contributed by atoms with E-state index in [1.807, 2.05) is 0 Å². The maximum Gasteiger partial charge on any atom is 0.265 e. The zero-order valence-corrected chi connectivity index (χ0v) is 12.8. The van der Waals surface area contributed by atoms with Crippen molar-refractivity contribution in [3.63, 3.8) is 0 Å². The molecule has 1 aromatic rings. The van der Waals surface area contributed by atoms with Crippen LogP contribution in [0.5, 0.6) is 0 Å². The zero-order valence-electron chi connectivity index (χ0n) is 10.4. The highest BCUT2D eigenvalue weighted by atomic mass is 79.9. The Labute approximate surface area is 118 Å². The maximum absolute atomic E-state index is 11.9. The van der Waals surface area contributed by atoms with Gasteiger partial charge >= 0.3 is 0 Å². The summed E-state index contributed by atoms with van der Waals surface area (Å²) in [7, 11) is 3.41. The number of hydrogen-bond acceptors (Lipinski definition) is 4. The number of carbonyl (C=O) groups excluding carboxylic acids is 2. The first-order valence-corrected chi connectivity index (χ1v) is 7.27. The van der Waals surface area contributed by atoms with Gasteiger partial charge in [0.1, 0.15) is 4.88 Å². The third kappa shape index (κ3) is 2.42. The van der Waals surface area contributed by atoms with Gasteiger partial charge in [-0.3, -0.25) is 14.5 Å². The van der Waals surface area contributed by atoms with E-state index in [2.05, 4.69) is 20.9 Å². The standard InChI is InChI=1S/C11H14BrN3O2S/c1-6-9(10(17)14(2)3)18-11(13-6)15-5-7(12)4-8(15)16/h7H,4-5H2,1-3H3. The van der Waals surface area contributed by atoms with E-state index in [0.717, 1.165) is 0 Å². The molecule has 2 amide bonds. The summed E-state index contributed by atoms with van der Waals surface area (Å²) in [4.78, 5) is 32.0. The van der Waals surface area contributed by atoms with Crippen LogP contribution in [0.2, 0.25) is 0 Å². The number of aryl methyl sites for hydroxylation is 1. The molecule has 1 aliphatic rings. The molecule has 1 atom stereocenters. The summed E-state index contributed by atoms with van der Waals surface area (Å²) in [5, 5.41) is 0.615. The normalized spacial score (nSPS) is 19.4. The number of alkyl halides is 1. The van der Waals surface area contributed by atoms with Crippen LogP contribution < -0.4 is 4.90 Å². The van der Waals surface area contributed by atoms with E-state index < -0.39 is 0 Å². The molecule has 2 heterocycles. The van der Waals surface area contributed by atoms with Gasteiger partial charge in [0.15, 0.2) is 5.13 Å². The number of anilines is 1. The molecule has 0 aliphatic carbocycles. The highest BCUT2D eigenvalue weighted by Gasteiger charge is 2.32. The molecular formula is C11H14BrN3O2S. The second-order valence-corrected chi connectivity index (χ2v) is 6.69. The van der Waals surface area contributed by atoms with Crippen LogP contribution in [0.25, 0.3) is 0 Å². The van der Waals surface area contributed by atoms with Gasteiger partial charge in [-0.2, -0.15) is 0 Å². The van der Waals surface area contributed by atoms with E-state index in [4.69, 9.17) is 0 Å². The van der Waals surface area contributed by atoms with E-state index in [-0.39, 0.29) is 16.6 Å². The Hall–Kier alpha value is -0.950. The van der Waals surface area contributed by atoms with E-state index in [1.165, 1.54) is 16.2 Å². The van der Waals surface area contributed by atoms with Gasteiger partial charge in [-0.15, -0.1) is 0 Å². The van der Waals surface area contributed by atoms with Gasteiger partial charge in [0, 0.05) is 31.9 Å². The second kappa shape index (κ2) is 4.97. The van der Waals surface area contributed by atoms with Crippen LogP contribution in [0.1, 0.15) is 21.8 Å². The Morgan fingerprint density at radius 2 is 2.22 bits per heavy atom. The quantitative estimate of drug-likeness (QED) is 0.774. The number of amides is 2. The Balaban J connectivity index is 2.29. The summed E-state index contributed by atoms with van der Waals surface area (Å²) in [6.07, 6.45) is 0.482. The molecule has 0 spiro atoms. The summed E-state index contributed by atoms with van der Waals surface area (Å²) in [5.74, 6) is -0.0206. The monoisotopic (exact) mass is 331 g/mol. The van der Waals surface area contributed by atoms with Crippen LogP contribution in [0.4, 0.5) is 5.13 Å². The molecule has 1 aliphatic heterocycles. The first kappa shape index (κ1) is 13.5. The van der Waals surface area contributed by atoms with Crippen molar-refractivity contribution in [2.75, 3.05) is 25.5 Å². The number of thiazole rings is 1. The van der Waals surface area contributed by atoms with Crippen molar-refractivity contribution < 1.29 is 9.59 Å². The topological polar surface area (TPSA) is 53.5 Å². The van der Waals surface area contributed by atoms with Crippen molar-refractivity contribution in [2.45, 2.75) is 18.2 Å². The van der Waals surface area contributed by atoms with Gasteiger partial charge in [-0.1, -0.05) is 27.3 Å². The smallest absolute Gasteiger partial charge is 0.265 e. The minimum Gasteiger partial charge on any atom is -0.344 e. The maximum atomic E-state index is 11.9. The predicted molar refractivity (Wildman–Crippen MR) is 74.6 cm³/mol. The zero-order chi connectivity index (χ0) is 13.4. The lowest BCUT2D eigenvalue weighted by atomic mass is 10.3. The third-order valence-corrected chi connectivity index (χ3v) is 4.48. The Morgan fingerprint density at radius 3 is 2.72 bits per heavy atom. The first-order valence-electron chi connectivity index (χ1n) is 5.53. The number of rotatable bonds is 2. The molecule has 18 heavy (non-hydrogen) atoms. The summed E-state index contributed by atoms with van der Waals surface area (Å²) < 4.78 is 0. The molecule has 5 nitrogen and oxygen atoms in total. The van der Waals surface area contributed by atoms with Crippen molar-refractivity contribution >= 4 is 44.2 Å². The van der Waals surface area contributed by atoms with Crippen LogP contribution in [0.3, 0.4) is 0 Å². The molecular weight excluding hydrogens is 318 g/mol. The third-order valence-electron chi connectivity index (χ3n) is 2.69. The van der Waals surface area contributed by atoms with Crippen LogP contribution >= 0.6 is 27.3 Å². The van der Waals surface area contributed by atoms with Gasteiger partial charge in [-0.05, 0) is 6.92 Å². The number of aromatic nitrogens is 1. The van der Waals surface area contributed by atoms with Crippen LogP contribution in [0.15, 0.2) is 0 Å². The lowest BCUT2D eigenvalue weighted by Gasteiger charge is -2.11. The molecule has 7 heteroatoms. The van der Waals surface area contributed by atoms with Gasteiger partial charge < -0.3 is 4.90 Å². The predicted octanol–water partition coefficient (Wildman–Crippen LogP) is 1.65. The Bertz CT molecular complexity index is 500. The van der Waals surface area contributed by atoms with Crippen molar-refractivity contribution in [1.29, 1.82) is 0 Å². The van der Waals surface area contributed by atoms with Crippen molar-refractivity contribution in [3.8, 4) is 0 Å². The number of hydrogen-bond donors (Lipinski definition) is 0. The molecule has 2 rings (SSSR count). The van der Waals surface area contributed by atoms with Gasteiger partial charge in [0.05, 0.1) is 5.69 Å². The van der Waals surface area contributed by atoms with E-state index in [1.54, 1.807) is 25.9 Å². The number of carbonyl (C=O) groups is 2. The largest absolute Gasteiger partial charge is 0.344 e. The summed E-state index contributed by atoms with van der Waals surface area (Å²) >= 11 is 4.71. The van der Waals surface area contributed by atoms with E-state index in [9.17, 15) is 9.59 Å². The lowest BCUT2D eigenvalue weighted by Crippen LogP contribution is -2.24. The Morgan fingerprint density at radius 1 is 1.56 bits per heavy atom. The average Bonchev–Trinajstić information content (AvgIpc) is 2.80. The fraction of sp³-hybridized carbons (Fsp3) is 0.545. The molecule has 0 radical (unpaired) electrons.